The number of hydrogen-bond acceptors (Lipinski definition) is 3. The summed E-state index contributed by atoms with van der Waals surface area (Å²) in [5.41, 5.74) is 5.95. The minimum atomic E-state index is -0.519. The zero-order valence-corrected chi connectivity index (χ0v) is 9.85. The zero-order valence-electron chi connectivity index (χ0n) is 9.85. The normalized spacial score (nSPS) is 22.7. The molecule has 6 heteroatoms. The minimum absolute atomic E-state index is 0.00445. The molecule has 1 aromatic rings. The van der Waals surface area contributed by atoms with Crippen LogP contribution in [0.15, 0.2) is 23.4 Å². The lowest BCUT2D eigenvalue weighted by Crippen LogP contribution is -2.20. The van der Waals surface area contributed by atoms with Crippen molar-refractivity contribution in [3.8, 4) is 0 Å². The Morgan fingerprint density at radius 1 is 1.61 bits per heavy atom. The Morgan fingerprint density at radius 2 is 2.28 bits per heavy atom. The van der Waals surface area contributed by atoms with Crippen LogP contribution in [0, 0.1) is 17.7 Å². The average molecular weight is 251 g/mol. The van der Waals surface area contributed by atoms with Gasteiger partial charge in [0.1, 0.15) is 5.82 Å². The zero-order chi connectivity index (χ0) is 13.3. The van der Waals surface area contributed by atoms with Gasteiger partial charge in [0.15, 0.2) is 5.84 Å². The molecule has 0 aliphatic heterocycles. The molecule has 0 heterocycles. The second-order valence-corrected chi connectivity index (χ2v) is 4.48. The van der Waals surface area contributed by atoms with Gasteiger partial charge < -0.3 is 16.3 Å². The van der Waals surface area contributed by atoms with Crippen LogP contribution in [0.4, 0.5) is 10.1 Å². The SMILES string of the molecule is CC1CC1C(=O)Nc1ccc(F)cc1/C(N)=N/O. The molecule has 0 spiro atoms. The molecule has 0 radical (unpaired) electrons. The van der Waals surface area contributed by atoms with Crippen molar-refractivity contribution >= 4 is 17.4 Å². The van der Waals surface area contributed by atoms with Crippen molar-refractivity contribution in [2.75, 3.05) is 5.32 Å². The maximum absolute atomic E-state index is 13.1. The molecule has 4 N–H and O–H groups in total. The van der Waals surface area contributed by atoms with E-state index < -0.39 is 5.82 Å². The van der Waals surface area contributed by atoms with Gasteiger partial charge in [-0.3, -0.25) is 4.79 Å². The summed E-state index contributed by atoms with van der Waals surface area (Å²) in [7, 11) is 0. The van der Waals surface area contributed by atoms with E-state index in [0.29, 0.717) is 11.6 Å². The number of amides is 1. The smallest absolute Gasteiger partial charge is 0.227 e. The molecule has 1 fully saturated rings. The quantitative estimate of drug-likeness (QED) is 0.329. The summed E-state index contributed by atoms with van der Waals surface area (Å²) in [6.07, 6.45) is 0.853. The van der Waals surface area contributed by atoms with Gasteiger partial charge in [0.2, 0.25) is 5.91 Å². The molecule has 96 valence electrons. The van der Waals surface area contributed by atoms with Crippen molar-refractivity contribution in [3.05, 3.63) is 29.6 Å². The molecule has 2 unspecified atom stereocenters. The van der Waals surface area contributed by atoms with Crippen molar-refractivity contribution < 1.29 is 14.4 Å². The number of nitrogens with one attached hydrogen (secondary N) is 1. The third kappa shape index (κ3) is 2.42. The molecule has 5 nitrogen and oxygen atoms in total. The predicted molar refractivity (Wildman–Crippen MR) is 64.8 cm³/mol. The van der Waals surface area contributed by atoms with Gasteiger partial charge in [-0.25, -0.2) is 4.39 Å². The first kappa shape index (κ1) is 12.3. The highest BCUT2D eigenvalue weighted by Crippen LogP contribution is 2.38. The van der Waals surface area contributed by atoms with Crippen molar-refractivity contribution in [1.29, 1.82) is 0 Å². The number of anilines is 1. The monoisotopic (exact) mass is 251 g/mol. The number of carbonyl (C=O) groups is 1. The van der Waals surface area contributed by atoms with E-state index in [9.17, 15) is 9.18 Å². The highest BCUT2D eigenvalue weighted by molar-refractivity contribution is 6.06. The van der Waals surface area contributed by atoms with Gasteiger partial charge in [0.05, 0.1) is 5.69 Å². The van der Waals surface area contributed by atoms with E-state index in [-0.39, 0.29) is 23.2 Å². The molecule has 0 aromatic heterocycles. The highest BCUT2D eigenvalue weighted by atomic mass is 19.1. The van der Waals surface area contributed by atoms with Gasteiger partial charge in [-0.15, -0.1) is 0 Å². The molecule has 2 rings (SSSR count). The average Bonchev–Trinajstić information content (AvgIpc) is 3.07. The molecule has 0 saturated heterocycles. The Labute approximate surface area is 103 Å². The Hall–Kier alpha value is -2.11. The summed E-state index contributed by atoms with van der Waals surface area (Å²) in [5, 5.41) is 14.1. The minimum Gasteiger partial charge on any atom is -0.409 e. The fourth-order valence-electron chi connectivity index (χ4n) is 1.80. The van der Waals surface area contributed by atoms with Crippen LogP contribution in [0.3, 0.4) is 0 Å². The molecule has 0 bridgehead atoms. The molecule has 1 aliphatic carbocycles. The fraction of sp³-hybridized carbons (Fsp3) is 0.333. The Kier molecular flexibility index (Phi) is 3.18. The van der Waals surface area contributed by atoms with Crippen LogP contribution >= 0.6 is 0 Å². The van der Waals surface area contributed by atoms with Crippen LogP contribution in [0.25, 0.3) is 0 Å². The van der Waals surface area contributed by atoms with Crippen LogP contribution < -0.4 is 11.1 Å². The molecule has 1 amide bonds. The van der Waals surface area contributed by atoms with E-state index in [1.54, 1.807) is 0 Å². The maximum atomic E-state index is 13.1. The highest BCUT2D eigenvalue weighted by Gasteiger charge is 2.39. The Balaban J connectivity index is 2.24. The number of hydrogen-bond donors (Lipinski definition) is 3. The number of benzene rings is 1. The molecule has 1 saturated carbocycles. The molecule has 1 aromatic carbocycles. The first-order valence-electron chi connectivity index (χ1n) is 5.61. The van der Waals surface area contributed by atoms with E-state index in [1.165, 1.54) is 12.1 Å². The number of nitrogens with two attached hydrogens (primary N) is 1. The third-order valence-electron chi connectivity index (χ3n) is 3.07. The fourth-order valence-corrected chi connectivity index (χ4v) is 1.80. The van der Waals surface area contributed by atoms with Gasteiger partial charge in [0, 0.05) is 11.5 Å². The molecule has 18 heavy (non-hydrogen) atoms. The van der Waals surface area contributed by atoms with Gasteiger partial charge in [0.25, 0.3) is 0 Å². The number of nitrogens with zero attached hydrogens (tertiary/aromatic N) is 1. The first-order chi connectivity index (χ1) is 8.52. The second-order valence-electron chi connectivity index (χ2n) is 4.48. The largest absolute Gasteiger partial charge is 0.409 e. The summed E-state index contributed by atoms with van der Waals surface area (Å²) in [5.74, 6) is -0.517. The Bertz CT molecular complexity index is 516. The number of carbonyl (C=O) groups excluding carboxylic acids is 1. The standard InChI is InChI=1S/C12H14FN3O2/c1-6-4-8(6)12(17)15-10-3-2-7(13)5-9(10)11(14)16-18/h2-3,5-6,8,18H,4H2,1H3,(H2,14,16)(H,15,17). The summed E-state index contributed by atoms with van der Waals surface area (Å²) in [4.78, 5) is 11.8. The van der Waals surface area contributed by atoms with Gasteiger partial charge in [-0.1, -0.05) is 12.1 Å². The topological polar surface area (TPSA) is 87.7 Å². The number of amidine groups is 1. The van der Waals surface area contributed by atoms with Crippen molar-refractivity contribution in [2.24, 2.45) is 22.7 Å². The number of halogens is 1. The number of rotatable bonds is 3. The van der Waals surface area contributed by atoms with E-state index in [2.05, 4.69) is 10.5 Å². The molecular formula is C12H14FN3O2. The summed E-state index contributed by atoms with van der Waals surface area (Å²) >= 11 is 0. The summed E-state index contributed by atoms with van der Waals surface area (Å²) < 4.78 is 13.1. The van der Waals surface area contributed by atoms with E-state index in [1.807, 2.05) is 6.92 Å². The lowest BCUT2D eigenvalue weighted by atomic mass is 10.1. The Morgan fingerprint density at radius 3 is 2.83 bits per heavy atom. The number of oxime groups is 1. The maximum Gasteiger partial charge on any atom is 0.227 e. The predicted octanol–water partition coefficient (Wildman–Crippen LogP) is 1.51. The van der Waals surface area contributed by atoms with Gasteiger partial charge in [-0.05, 0) is 30.5 Å². The van der Waals surface area contributed by atoms with Crippen LogP contribution in [0.1, 0.15) is 18.9 Å². The summed E-state index contributed by atoms with van der Waals surface area (Å²) in [6, 6.07) is 3.72. The van der Waals surface area contributed by atoms with Crippen molar-refractivity contribution in [3.63, 3.8) is 0 Å². The van der Waals surface area contributed by atoms with Crippen LogP contribution in [0.2, 0.25) is 0 Å². The van der Waals surface area contributed by atoms with Crippen molar-refractivity contribution in [1.82, 2.24) is 0 Å². The van der Waals surface area contributed by atoms with Crippen molar-refractivity contribution in [2.45, 2.75) is 13.3 Å². The lowest BCUT2D eigenvalue weighted by molar-refractivity contribution is -0.117. The van der Waals surface area contributed by atoms with E-state index in [0.717, 1.165) is 12.5 Å². The molecular weight excluding hydrogens is 237 g/mol. The van der Waals surface area contributed by atoms with Crippen LogP contribution in [-0.2, 0) is 4.79 Å². The van der Waals surface area contributed by atoms with E-state index >= 15 is 0 Å². The molecule has 2 atom stereocenters. The first-order valence-corrected chi connectivity index (χ1v) is 5.61. The van der Waals surface area contributed by atoms with Gasteiger partial charge in [-0.2, -0.15) is 0 Å². The lowest BCUT2D eigenvalue weighted by Gasteiger charge is -2.10. The van der Waals surface area contributed by atoms with Crippen LogP contribution in [0.5, 0.6) is 0 Å². The summed E-state index contributed by atoms with van der Waals surface area (Å²) in [6.45, 7) is 1.99. The third-order valence-corrected chi connectivity index (χ3v) is 3.07. The van der Waals surface area contributed by atoms with E-state index in [4.69, 9.17) is 10.9 Å². The van der Waals surface area contributed by atoms with Crippen LogP contribution in [-0.4, -0.2) is 17.0 Å². The second kappa shape index (κ2) is 4.64. The molecule has 1 aliphatic rings. The van der Waals surface area contributed by atoms with Gasteiger partial charge >= 0.3 is 0 Å².